The third-order valence-electron chi connectivity index (χ3n) is 6.25. The molecule has 1 aromatic carbocycles. The molecule has 3 aliphatic carbocycles. The van der Waals surface area contributed by atoms with E-state index in [-0.39, 0.29) is 5.82 Å². The molecule has 5 atom stereocenters. The lowest BCUT2D eigenvalue weighted by Gasteiger charge is -2.40. The normalized spacial score (nSPS) is 42.0. The van der Waals surface area contributed by atoms with E-state index in [1.807, 2.05) is 12.1 Å². The molecule has 2 bridgehead atoms. The van der Waals surface area contributed by atoms with E-state index in [0.717, 1.165) is 18.3 Å². The fourth-order valence-corrected chi connectivity index (χ4v) is 5.53. The van der Waals surface area contributed by atoms with Crippen molar-refractivity contribution in [1.29, 1.82) is 0 Å². The van der Waals surface area contributed by atoms with Crippen molar-refractivity contribution >= 4 is 0 Å². The van der Waals surface area contributed by atoms with E-state index in [9.17, 15) is 4.39 Å². The third-order valence-corrected chi connectivity index (χ3v) is 6.25. The lowest BCUT2D eigenvalue weighted by molar-refractivity contribution is 0.152. The summed E-state index contributed by atoms with van der Waals surface area (Å²) in [4.78, 5) is 0. The van der Waals surface area contributed by atoms with E-state index in [2.05, 4.69) is 0 Å². The lowest BCUT2D eigenvalue weighted by Crippen LogP contribution is -2.47. The zero-order valence-electron chi connectivity index (χ0n) is 11.9. The van der Waals surface area contributed by atoms with Crippen LogP contribution in [0.4, 0.5) is 4.39 Å². The van der Waals surface area contributed by atoms with Crippen LogP contribution in [-0.4, -0.2) is 7.11 Å². The van der Waals surface area contributed by atoms with Crippen LogP contribution in [-0.2, 0) is 5.54 Å². The van der Waals surface area contributed by atoms with Crippen molar-refractivity contribution in [2.75, 3.05) is 7.11 Å². The van der Waals surface area contributed by atoms with Gasteiger partial charge in [-0.25, -0.2) is 4.39 Å². The molecule has 0 amide bonds. The highest BCUT2D eigenvalue weighted by molar-refractivity contribution is 5.38. The Hall–Kier alpha value is -1.09. The lowest BCUT2D eigenvalue weighted by atomic mass is 9.68. The van der Waals surface area contributed by atoms with Crippen molar-refractivity contribution < 1.29 is 9.13 Å². The Kier molecular flexibility index (Phi) is 2.65. The maximum atomic E-state index is 14.6. The van der Waals surface area contributed by atoms with E-state index < -0.39 is 5.54 Å². The number of ether oxygens (including phenoxy) is 1. The summed E-state index contributed by atoms with van der Waals surface area (Å²) in [7, 11) is 1.51. The largest absolute Gasteiger partial charge is 0.494 e. The highest BCUT2D eigenvalue weighted by Gasteiger charge is 2.60. The van der Waals surface area contributed by atoms with Crippen molar-refractivity contribution in [2.45, 2.75) is 37.6 Å². The average Bonchev–Trinajstić information content (AvgIpc) is 3.09. The Bertz CT molecular complexity index is 546. The first-order chi connectivity index (χ1) is 9.65. The van der Waals surface area contributed by atoms with Gasteiger partial charge in [0.1, 0.15) is 0 Å². The second kappa shape index (κ2) is 4.20. The van der Waals surface area contributed by atoms with Crippen LogP contribution in [0, 0.1) is 29.5 Å². The molecule has 0 saturated heterocycles. The molecule has 4 rings (SSSR count). The Morgan fingerprint density at radius 2 is 2.10 bits per heavy atom. The van der Waals surface area contributed by atoms with Gasteiger partial charge in [0, 0.05) is 11.1 Å². The molecule has 0 spiro atoms. The van der Waals surface area contributed by atoms with Crippen LogP contribution in [0.15, 0.2) is 18.2 Å². The van der Waals surface area contributed by atoms with Crippen molar-refractivity contribution in [1.82, 2.24) is 0 Å². The Morgan fingerprint density at radius 3 is 2.90 bits per heavy atom. The zero-order chi connectivity index (χ0) is 13.9. The molecule has 0 aromatic heterocycles. The number of methoxy groups -OCH3 is 1. The van der Waals surface area contributed by atoms with E-state index in [1.165, 1.54) is 32.8 Å². The number of hydrogen-bond donors (Lipinski definition) is 1. The number of rotatable bonds is 2. The monoisotopic (exact) mass is 275 g/mol. The van der Waals surface area contributed by atoms with Crippen molar-refractivity contribution in [3.63, 3.8) is 0 Å². The van der Waals surface area contributed by atoms with Crippen LogP contribution in [0.2, 0.25) is 0 Å². The SMILES string of the molecule is COc1cccc(C2(N)CC3CC2C2CCCC32)c1F. The zero-order valence-corrected chi connectivity index (χ0v) is 11.9. The summed E-state index contributed by atoms with van der Waals surface area (Å²) in [5, 5.41) is 0. The van der Waals surface area contributed by atoms with Crippen LogP contribution in [0.1, 0.15) is 37.7 Å². The molecule has 3 fully saturated rings. The summed E-state index contributed by atoms with van der Waals surface area (Å²) in [5.74, 6) is 2.83. The molecule has 0 aliphatic heterocycles. The molecule has 5 unspecified atom stereocenters. The van der Waals surface area contributed by atoms with Gasteiger partial charge in [-0.3, -0.25) is 0 Å². The Morgan fingerprint density at radius 1 is 1.30 bits per heavy atom. The number of nitrogens with two attached hydrogens (primary N) is 1. The molecule has 2 nitrogen and oxygen atoms in total. The van der Waals surface area contributed by atoms with E-state index >= 15 is 0 Å². The maximum Gasteiger partial charge on any atom is 0.170 e. The van der Waals surface area contributed by atoms with E-state index in [1.54, 1.807) is 6.07 Å². The molecule has 20 heavy (non-hydrogen) atoms. The number of hydrogen-bond acceptors (Lipinski definition) is 2. The molecule has 3 aliphatic rings. The first-order valence-electron chi connectivity index (χ1n) is 7.77. The predicted molar refractivity (Wildman–Crippen MR) is 75.9 cm³/mol. The van der Waals surface area contributed by atoms with Gasteiger partial charge in [0.25, 0.3) is 0 Å². The number of halogens is 1. The van der Waals surface area contributed by atoms with Gasteiger partial charge >= 0.3 is 0 Å². The maximum absolute atomic E-state index is 14.6. The van der Waals surface area contributed by atoms with Crippen LogP contribution in [0.25, 0.3) is 0 Å². The first-order valence-corrected chi connectivity index (χ1v) is 7.77. The Labute approximate surface area is 119 Å². The molecule has 3 saturated carbocycles. The predicted octanol–water partition coefficient (Wildman–Crippen LogP) is 3.44. The average molecular weight is 275 g/mol. The van der Waals surface area contributed by atoms with Crippen LogP contribution in [0.3, 0.4) is 0 Å². The van der Waals surface area contributed by atoms with Crippen LogP contribution in [0.5, 0.6) is 5.75 Å². The van der Waals surface area contributed by atoms with Crippen molar-refractivity contribution in [3.05, 3.63) is 29.6 Å². The van der Waals surface area contributed by atoms with E-state index in [4.69, 9.17) is 10.5 Å². The molecule has 1 aromatic rings. The number of fused-ring (bicyclic) bond motifs is 5. The number of benzene rings is 1. The van der Waals surface area contributed by atoms with Gasteiger partial charge in [-0.1, -0.05) is 18.6 Å². The van der Waals surface area contributed by atoms with Crippen LogP contribution < -0.4 is 10.5 Å². The minimum Gasteiger partial charge on any atom is -0.494 e. The fourth-order valence-electron chi connectivity index (χ4n) is 5.53. The molecule has 0 radical (unpaired) electrons. The third kappa shape index (κ3) is 1.47. The first kappa shape index (κ1) is 12.6. The molecule has 108 valence electrons. The van der Waals surface area contributed by atoms with Gasteiger partial charge in [-0.15, -0.1) is 0 Å². The van der Waals surface area contributed by atoms with Gasteiger partial charge in [-0.05, 0) is 55.4 Å². The topological polar surface area (TPSA) is 35.2 Å². The van der Waals surface area contributed by atoms with Crippen LogP contribution >= 0.6 is 0 Å². The quantitative estimate of drug-likeness (QED) is 0.897. The van der Waals surface area contributed by atoms with Crippen molar-refractivity contribution in [2.24, 2.45) is 29.4 Å². The van der Waals surface area contributed by atoms with E-state index in [0.29, 0.717) is 23.1 Å². The summed E-state index contributed by atoms with van der Waals surface area (Å²) < 4.78 is 19.8. The summed E-state index contributed by atoms with van der Waals surface area (Å²) in [6.07, 6.45) is 6.13. The van der Waals surface area contributed by atoms with Gasteiger partial charge in [0.15, 0.2) is 11.6 Å². The van der Waals surface area contributed by atoms with Gasteiger partial charge in [0.05, 0.1) is 7.11 Å². The summed E-state index contributed by atoms with van der Waals surface area (Å²) in [5.41, 5.74) is 6.95. The minimum absolute atomic E-state index is 0.250. The highest BCUT2D eigenvalue weighted by Crippen LogP contribution is 2.64. The van der Waals surface area contributed by atoms with Gasteiger partial charge < -0.3 is 10.5 Å². The fraction of sp³-hybridized carbons (Fsp3) is 0.647. The highest BCUT2D eigenvalue weighted by atomic mass is 19.1. The second-order valence-electron chi connectivity index (χ2n) is 6.93. The van der Waals surface area contributed by atoms with Gasteiger partial charge in [-0.2, -0.15) is 0 Å². The Balaban J connectivity index is 1.76. The molecule has 3 heteroatoms. The standard InChI is InChI=1S/C17H22FNO/c1-20-15-7-3-6-13(16(15)18)17(19)9-10-8-14(17)12-5-2-4-11(10)12/h3,6-7,10-12,14H,2,4-5,8-9,19H2,1H3. The summed E-state index contributed by atoms with van der Waals surface area (Å²) >= 11 is 0. The summed E-state index contributed by atoms with van der Waals surface area (Å²) in [6, 6.07) is 5.40. The smallest absolute Gasteiger partial charge is 0.170 e. The van der Waals surface area contributed by atoms with Crippen molar-refractivity contribution in [3.8, 4) is 5.75 Å². The molecular formula is C17H22FNO. The van der Waals surface area contributed by atoms with Gasteiger partial charge in [0.2, 0.25) is 0 Å². The molecule has 0 heterocycles. The molecule has 2 N–H and O–H groups in total. The summed E-state index contributed by atoms with van der Waals surface area (Å²) in [6.45, 7) is 0. The second-order valence-corrected chi connectivity index (χ2v) is 6.93. The minimum atomic E-state index is -0.477. The molecular weight excluding hydrogens is 253 g/mol.